The zero-order chi connectivity index (χ0) is 13.3. The summed E-state index contributed by atoms with van der Waals surface area (Å²) in [5, 5.41) is 1.04. The van der Waals surface area contributed by atoms with E-state index in [0.717, 1.165) is 25.3 Å². The lowest BCUT2D eigenvalue weighted by Crippen LogP contribution is -2.46. The van der Waals surface area contributed by atoms with Crippen molar-refractivity contribution in [1.82, 2.24) is 4.90 Å². The first-order chi connectivity index (χ1) is 8.47. The maximum absolute atomic E-state index is 6.05. The van der Waals surface area contributed by atoms with E-state index in [4.69, 9.17) is 33.7 Å². The first-order valence-electron chi connectivity index (χ1n) is 6.06. The van der Waals surface area contributed by atoms with Gasteiger partial charge in [-0.1, -0.05) is 23.2 Å². The normalized spacial score (nSPS) is 25.3. The monoisotopic (exact) mass is 288 g/mol. The number of morpholine rings is 1. The van der Waals surface area contributed by atoms with Crippen LogP contribution in [0.2, 0.25) is 10.0 Å². The SMILES string of the molecule is CC1CN(Cc2cc(Cl)c(N)c(Cl)c2)C(C)CO1. The standard InChI is InChI=1S/C13H18Cl2N2O/c1-8-7-18-9(2)5-17(8)6-10-3-11(14)13(16)12(15)4-10/h3-4,8-9H,5-7,16H2,1-2H3. The fourth-order valence-electron chi connectivity index (χ4n) is 2.15. The van der Waals surface area contributed by atoms with Gasteiger partial charge in [0.2, 0.25) is 0 Å². The highest BCUT2D eigenvalue weighted by Crippen LogP contribution is 2.29. The van der Waals surface area contributed by atoms with Crippen molar-refractivity contribution in [3.63, 3.8) is 0 Å². The van der Waals surface area contributed by atoms with E-state index in [1.807, 2.05) is 12.1 Å². The number of ether oxygens (including phenoxy) is 1. The van der Waals surface area contributed by atoms with Gasteiger partial charge in [0.15, 0.2) is 0 Å². The summed E-state index contributed by atoms with van der Waals surface area (Å²) < 4.78 is 5.61. The molecule has 1 aliphatic rings. The van der Waals surface area contributed by atoms with Crippen molar-refractivity contribution >= 4 is 28.9 Å². The van der Waals surface area contributed by atoms with Gasteiger partial charge in [0, 0.05) is 19.1 Å². The van der Waals surface area contributed by atoms with Crippen LogP contribution in [-0.2, 0) is 11.3 Å². The van der Waals surface area contributed by atoms with Crippen LogP contribution < -0.4 is 5.73 Å². The molecule has 5 heteroatoms. The van der Waals surface area contributed by atoms with Crippen LogP contribution in [0.1, 0.15) is 19.4 Å². The molecule has 1 aromatic rings. The van der Waals surface area contributed by atoms with Gasteiger partial charge < -0.3 is 10.5 Å². The number of anilines is 1. The number of nitrogens with zero attached hydrogens (tertiary/aromatic N) is 1. The van der Waals surface area contributed by atoms with E-state index < -0.39 is 0 Å². The zero-order valence-electron chi connectivity index (χ0n) is 10.6. The van der Waals surface area contributed by atoms with Crippen molar-refractivity contribution in [2.24, 2.45) is 0 Å². The number of rotatable bonds is 2. The molecule has 100 valence electrons. The molecule has 1 heterocycles. The molecule has 0 saturated carbocycles. The molecule has 2 N–H and O–H groups in total. The van der Waals surface area contributed by atoms with Crippen LogP contribution >= 0.6 is 23.2 Å². The molecule has 1 aromatic carbocycles. The molecule has 0 aromatic heterocycles. The van der Waals surface area contributed by atoms with Crippen molar-refractivity contribution in [1.29, 1.82) is 0 Å². The average Bonchev–Trinajstić information content (AvgIpc) is 2.31. The summed E-state index contributed by atoms with van der Waals surface area (Å²) in [5.74, 6) is 0. The highest BCUT2D eigenvalue weighted by Gasteiger charge is 2.23. The first-order valence-corrected chi connectivity index (χ1v) is 6.82. The molecule has 0 spiro atoms. The van der Waals surface area contributed by atoms with E-state index >= 15 is 0 Å². The van der Waals surface area contributed by atoms with Gasteiger partial charge in [0.1, 0.15) is 0 Å². The molecule has 1 fully saturated rings. The van der Waals surface area contributed by atoms with Crippen LogP contribution in [-0.4, -0.2) is 30.2 Å². The Bertz CT molecular complexity index is 416. The molecule has 0 aliphatic carbocycles. The Balaban J connectivity index is 2.13. The summed E-state index contributed by atoms with van der Waals surface area (Å²) in [6, 6.07) is 4.17. The second kappa shape index (κ2) is 5.66. The molecular formula is C13H18Cl2N2O. The molecule has 0 amide bonds. The van der Waals surface area contributed by atoms with Crippen molar-refractivity contribution in [2.75, 3.05) is 18.9 Å². The Morgan fingerprint density at radius 2 is 1.94 bits per heavy atom. The van der Waals surface area contributed by atoms with Gasteiger partial charge in [-0.05, 0) is 31.5 Å². The maximum atomic E-state index is 6.05. The zero-order valence-corrected chi connectivity index (χ0v) is 12.1. The number of hydrogen-bond acceptors (Lipinski definition) is 3. The summed E-state index contributed by atoms with van der Waals surface area (Å²) in [5.41, 5.74) is 7.27. The predicted molar refractivity (Wildman–Crippen MR) is 76.2 cm³/mol. The van der Waals surface area contributed by atoms with Gasteiger partial charge in [-0.3, -0.25) is 4.90 Å². The molecule has 2 atom stereocenters. The molecule has 3 nitrogen and oxygen atoms in total. The molecule has 0 bridgehead atoms. The minimum Gasteiger partial charge on any atom is -0.396 e. The fraction of sp³-hybridized carbons (Fsp3) is 0.538. The van der Waals surface area contributed by atoms with E-state index in [9.17, 15) is 0 Å². The van der Waals surface area contributed by atoms with E-state index in [2.05, 4.69) is 18.7 Å². The number of benzene rings is 1. The van der Waals surface area contributed by atoms with E-state index in [1.165, 1.54) is 0 Å². The second-order valence-electron chi connectivity index (χ2n) is 4.90. The van der Waals surface area contributed by atoms with E-state index in [-0.39, 0.29) is 6.10 Å². The summed E-state index contributed by atoms with van der Waals surface area (Å²) in [4.78, 5) is 2.37. The van der Waals surface area contributed by atoms with Gasteiger partial charge >= 0.3 is 0 Å². The topological polar surface area (TPSA) is 38.5 Å². The molecule has 18 heavy (non-hydrogen) atoms. The fourth-order valence-corrected chi connectivity index (χ4v) is 2.69. The van der Waals surface area contributed by atoms with Crippen molar-refractivity contribution < 1.29 is 4.74 Å². The number of nitrogen functional groups attached to an aromatic ring is 1. The Morgan fingerprint density at radius 3 is 2.56 bits per heavy atom. The lowest BCUT2D eigenvalue weighted by atomic mass is 10.1. The predicted octanol–water partition coefficient (Wildman–Crippen LogP) is 3.18. The van der Waals surface area contributed by atoms with Crippen LogP contribution in [0.25, 0.3) is 0 Å². The first kappa shape index (κ1) is 13.9. The lowest BCUT2D eigenvalue weighted by Gasteiger charge is -2.36. The Labute approximate surface area is 118 Å². The largest absolute Gasteiger partial charge is 0.396 e. The molecular weight excluding hydrogens is 271 g/mol. The molecule has 1 aliphatic heterocycles. The third-order valence-electron chi connectivity index (χ3n) is 3.26. The minimum atomic E-state index is 0.265. The second-order valence-corrected chi connectivity index (χ2v) is 5.71. The lowest BCUT2D eigenvalue weighted by molar-refractivity contribution is -0.0526. The summed E-state index contributed by atoms with van der Waals surface area (Å²) in [6.45, 7) is 6.74. The quantitative estimate of drug-likeness (QED) is 0.850. The van der Waals surface area contributed by atoms with E-state index in [0.29, 0.717) is 21.8 Å². The Hall–Kier alpha value is -0.480. The molecule has 0 radical (unpaired) electrons. The van der Waals surface area contributed by atoms with Crippen LogP contribution in [0.3, 0.4) is 0 Å². The van der Waals surface area contributed by atoms with Gasteiger partial charge in [0.05, 0.1) is 28.4 Å². The highest BCUT2D eigenvalue weighted by molar-refractivity contribution is 6.38. The number of nitrogens with two attached hydrogens (primary N) is 1. The molecule has 1 saturated heterocycles. The third kappa shape index (κ3) is 3.09. The van der Waals surface area contributed by atoms with Gasteiger partial charge in [-0.15, -0.1) is 0 Å². The third-order valence-corrected chi connectivity index (χ3v) is 3.89. The Kier molecular flexibility index (Phi) is 4.38. The van der Waals surface area contributed by atoms with Gasteiger partial charge in [-0.2, -0.15) is 0 Å². The smallest absolute Gasteiger partial charge is 0.0693 e. The maximum Gasteiger partial charge on any atom is 0.0693 e. The van der Waals surface area contributed by atoms with Gasteiger partial charge in [0.25, 0.3) is 0 Å². The van der Waals surface area contributed by atoms with Crippen molar-refractivity contribution in [2.45, 2.75) is 32.5 Å². The number of halogens is 2. The van der Waals surface area contributed by atoms with E-state index in [1.54, 1.807) is 0 Å². The Morgan fingerprint density at radius 1 is 1.33 bits per heavy atom. The van der Waals surface area contributed by atoms with Gasteiger partial charge in [-0.25, -0.2) is 0 Å². The summed E-state index contributed by atoms with van der Waals surface area (Å²) >= 11 is 12.1. The molecule has 2 rings (SSSR count). The summed E-state index contributed by atoms with van der Waals surface area (Å²) in [6.07, 6.45) is 0.265. The van der Waals surface area contributed by atoms with Crippen LogP contribution in [0.15, 0.2) is 12.1 Å². The molecule has 2 unspecified atom stereocenters. The van der Waals surface area contributed by atoms with Crippen LogP contribution in [0, 0.1) is 0 Å². The van der Waals surface area contributed by atoms with Crippen LogP contribution in [0.4, 0.5) is 5.69 Å². The van der Waals surface area contributed by atoms with Crippen molar-refractivity contribution in [3.8, 4) is 0 Å². The summed E-state index contributed by atoms with van der Waals surface area (Å²) in [7, 11) is 0. The average molecular weight is 289 g/mol. The minimum absolute atomic E-state index is 0.265. The number of hydrogen-bond donors (Lipinski definition) is 1. The highest BCUT2D eigenvalue weighted by atomic mass is 35.5. The van der Waals surface area contributed by atoms with Crippen LogP contribution in [0.5, 0.6) is 0 Å². The van der Waals surface area contributed by atoms with Crippen molar-refractivity contribution in [3.05, 3.63) is 27.7 Å².